The van der Waals surface area contributed by atoms with Crippen molar-refractivity contribution in [3.63, 3.8) is 0 Å². The summed E-state index contributed by atoms with van der Waals surface area (Å²) in [6, 6.07) is 16.3. The summed E-state index contributed by atoms with van der Waals surface area (Å²) >= 11 is 0. The largest absolute Gasteiger partial charge is 0.496 e. The van der Waals surface area contributed by atoms with Gasteiger partial charge in [-0.15, -0.1) is 5.10 Å². The first-order valence-electron chi connectivity index (χ1n) is 8.76. The number of fused-ring (bicyclic) bond motifs is 1. The maximum atomic E-state index is 5.40. The second-order valence-corrected chi connectivity index (χ2v) is 6.19. The van der Waals surface area contributed by atoms with E-state index in [1.165, 1.54) is 11.3 Å². The van der Waals surface area contributed by atoms with Gasteiger partial charge in [0, 0.05) is 24.3 Å². The first-order valence-corrected chi connectivity index (χ1v) is 8.76. The van der Waals surface area contributed by atoms with Crippen LogP contribution in [0.4, 0.5) is 17.5 Å². The van der Waals surface area contributed by atoms with Gasteiger partial charge in [-0.3, -0.25) is 0 Å². The molecule has 1 aromatic heterocycles. The van der Waals surface area contributed by atoms with E-state index in [4.69, 9.17) is 4.74 Å². The number of benzene rings is 2. The maximum absolute atomic E-state index is 5.40. The van der Waals surface area contributed by atoms with Crippen LogP contribution in [0.2, 0.25) is 0 Å². The SMILES string of the molecule is COc1ccccc1CNc1cnnc(N2CCCc3ccccc32)n1. The fourth-order valence-corrected chi connectivity index (χ4v) is 3.27. The summed E-state index contributed by atoms with van der Waals surface area (Å²) in [7, 11) is 1.68. The average molecular weight is 347 g/mol. The van der Waals surface area contributed by atoms with Crippen LogP contribution in [0.5, 0.6) is 5.75 Å². The zero-order valence-corrected chi connectivity index (χ0v) is 14.7. The predicted molar refractivity (Wildman–Crippen MR) is 102 cm³/mol. The quantitative estimate of drug-likeness (QED) is 0.761. The normalized spacial score (nSPS) is 13.2. The highest BCUT2D eigenvalue weighted by atomic mass is 16.5. The van der Waals surface area contributed by atoms with Crippen LogP contribution in [-0.4, -0.2) is 28.8 Å². The molecule has 0 amide bonds. The maximum Gasteiger partial charge on any atom is 0.251 e. The molecule has 1 N–H and O–H groups in total. The molecule has 2 heterocycles. The van der Waals surface area contributed by atoms with Crippen molar-refractivity contribution in [1.82, 2.24) is 15.2 Å². The van der Waals surface area contributed by atoms with E-state index in [9.17, 15) is 0 Å². The van der Waals surface area contributed by atoms with Gasteiger partial charge in [-0.05, 0) is 30.5 Å². The minimum Gasteiger partial charge on any atom is -0.496 e. The van der Waals surface area contributed by atoms with Gasteiger partial charge in [-0.25, -0.2) is 0 Å². The first kappa shape index (κ1) is 16.3. The van der Waals surface area contributed by atoms with E-state index in [1.54, 1.807) is 13.3 Å². The third kappa shape index (κ3) is 3.31. The van der Waals surface area contributed by atoms with Crippen molar-refractivity contribution in [3.05, 3.63) is 65.9 Å². The molecule has 0 unspecified atom stereocenters. The second-order valence-electron chi connectivity index (χ2n) is 6.19. The number of nitrogens with one attached hydrogen (secondary N) is 1. The number of hydrogen-bond donors (Lipinski definition) is 1. The molecule has 132 valence electrons. The van der Waals surface area contributed by atoms with E-state index in [0.717, 1.165) is 30.7 Å². The van der Waals surface area contributed by atoms with Crippen molar-refractivity contribution < 1.29 is 4.74 Å². The van der Waals surface area contributed by atoms with Crippen LogP contribution < -0.4 is 15.0 Å². The van der Waals surface area contributed by atoms with Crippen LogP contribution in [0.3, 0.4) is 0 Å². The Bertz CT molecular complexity index is 899. The molecule has 1 aliphatic rings. The highest BCUT2D eigenvalue weighted by molar-refractivity contribution is 5.63. The third-order valence-corrected chi connectivity index (χ3v) is 4.55. The van der Waals surface area contributed by atoms with E-state index < -0.39 is 0 Å². The summed E-state index contributed by atoms with van der Waals surface area (Å²) in [6.45, 7) is 1.51. The summed E-state index contributed by atoms with van der Waals surface area (Å²) in [5.41, 5.74) is 3.57. The number of hydrogen-bond acceptors (Lipinski definition) is 6. The second kappa shape index (κ2) is 7.39. The van der Waals surface area contributed by atoms with Crippen LogP contribution in [0.1, 0.15) is 17.5 Å². The molecule has 0 atom stereocenters. The molecular weight excluding hydrogens is 326 g/mol. The number of ether oxygens (including phenoxy) is 1. The average Bonchev–Trinajstić information content (AvgIpc) is 2.72. The lowest BCUT2D eigenvalue weighted by atomic mass is 10.0. The smallest absolute Gasteiger partial charge is 0.251 e. The van der Waals surface area contributed by atoms with Crippen molar-refractivity contribution in [2.75, 3.05) is 23.9 Å². The van der Waals surface area contributed by atoms with Crippen LogP contribution in [0, 0.1) is 0 Å². The predicted octanol–water partition coefficient (Wildman–Crippen LogP) is 3.58. The zero-order chi connectivity index (χ0) is 17.8. The monoisotopic (exact) mass is 347 g/mol. The summed E-state index contributed by atoms with van der Waals surface area (Å²) in [5, 5.41) is 11.7. The molecule has 0 aliphatic carbocycles. The highest BCUT2D eigenvalue weighted by Crippen LogP contribution is 2.31. The van der Waals surface area contributed by atoms with Crippen molar-refractivity contribution in [3.8, 4) is 5.75 Å². The number of methoxy groups -OCH3 is 1. The van der Waals surface area contributed by atoms with Crippen molar-refractivity contribution in [1.29, 1.82) is 0 Å². The number of anilines is 3. The Hall–Kier alpha value is -3.15. The molecule has 0 saturated heterocycles. The number of rotatable bonds is 5. The zero-order valence-electron chi connectivity index (χ0n) is 14.7. The molecule has 0 spiro atoms. The van der Waals surface area contributed by atoms with Crippen LogP contribution in [0.25, 0.3) is 0 Å². The fourth-order valence-electron chi connectivity index (χ4n) is 3.27. The Balaban J connectivity index is 1.54. The van der Waals surface area contributed by atoms with Gasteiger partial charge >= 0.3 is 0 Å². The minimum absolute atomic E-state index is 0.610. The molecular formula is C20H21N5O. The molecule has 1 aliphatic heterocycles. The fraction of sp³-hybridized carbons (Fsp3) is 0.250. The molecule has 0 saturated carbocycles. The lowest BCUT2D eigenvalue weighted by Gasteiger charge is -2.29. The number of para-hydroxylation sites is 2. The molecule has 0 fully saturated rings. The summed E-state index contributed by atoms with van der Waals surface area (Å²) < 4.78 is 5.40. The van der Waals surface area contributed by atoms with Crippen molar-refractivity contribution in [2.45, 2.75) is 19.4 Å². The van der Waals surface area contributed by atoms with Gasteiger partial charge in [0.15, 0.2) is 5.82 Å². The minimum atomic E-state index is 0.610. The van der Waals surface area contributed by atoms with Gasteiger partial charge in [0.25, 0.3) is 5.95 Å². The molecule has 0 bridgehead atoms. The van der Waals surface area contributed by atoms with Crippen LogP contribution in [-0.2, 0) is 13.0 Å². The van der Waals surface area contributed by atoms with Gasteiger partial charge in [0.2, 0.25) is 0 Å². The molecule has 26 heavy (non-hydrogen) atoms. The molecule has 2 aromatic carbocycles. The topological polar surface area (TPSA) is 63.2 Å². The Morgan fingerprint density at radius 3 is 2.88 bits per heavy atom. The Labute approximate surface area is 152 Å². The highest BCUT2D eigenvalue weighted by Gasteiger charge is 2.20. The molecule has 6 heteroatoms. The Morgan fingerprint density at radius 1 is 1.12 bits per heavy atom. The van der Waals surface area contributed by atoms with E-state index in [-0.39, 0.29) is 0 Å². The lowest BCUT2D eigenvalue weighted by Crippen LogP contribution is -2.26. The van der Waals surface area contributed by atoms with E-state index in [0.29, 0.717) is 18.3 Å². The number of aryl methyl sites for hydroxylation is 1. The van der Waals surface area contributed by atoms with Crippen LogP contribution >= 0.6 is 0 Å². The van der Waals surface area contributed by atoms with E-state index in [2.05, 4.69) is 43.6 Å². The number of nitrogens with zero attached hydrogens (tertiary/aromatic N) is 4. The molecule has 6 nitrogen and oxygen atoms in total. The van der Waals surface area contributed by atoms with Gasteiger partial charge < -0.3 is 15.0 Å². The van der Waals surface area contributed by atoms with Crippen molar-refractivity contribution in [2.24, 2.45) is 0 Å². The summed E-state index contributed by atoms with van der Waals surface area (Å²) in [4.78, 5) is 6.81. The van der Waals surface area contributed by atoms with Gasteiger partial charge in [-0.2, -0.15) is 10.1 Å². The van der Waals surface area contributed by atoms with E-state index in [1.807, 2.05) is 30.3 Å². The Morgan fingerprint density at radius 2 is 1.96 bits per heavy atom. The van der Waals surface area contributed by atoms with Crippen molar-refractivity contribution >= 4 is 17.5 Å². The van der Waals surface area contributed by atoms with Crippen LogP contribution in [0.15, 0.2) is 54.7 Å². The Kier molecular flexibility index (Phi) is 4.64. The number of aromatic nitrogens is 3. The molecule has 0 radical (unpaired) electrons. The van der Waals surface area contributed by atoms with Gasteiger partial charge in [-0.1, -0.05) is 36.4 Å². The lowest BCUT2D eigenvalue weighted by molar-refractivity contribution is 0.410. The standard InChI is InChI=1S/C20H21N5O/c1-26-18-11-5-3-8-16(18)13-21-19-14-22-24-20(23-19)25-12-6-9-15-7-2-4-10-17(15)25/h2-5,7-8,10-11,14H,6,9,12-13H2,1H3,(H,21,23,24). The van der Waals surface area contributed by atoms with Gasteiger partial charge in [0.1, 0.15) is 5.75 Å². The summed E-state index contributed by atoms with van der Waals surface area (Å²) in [6.07, 6.45) is 3.82. The molecule has 4 rings (SSSR count). The van der Waals surface area contributed by atoms with Gasteiger partial charge in [0.05, 0.1) is 13.3 Å². The molecule has 3 aromatic rings. The van der Waals surface area contributed by atoms with E-state index >= 15 is 0 Å². The third-order valence-electron chi connectivity index (χ3n) is 4.55. The summed E-state index contributed by atoms with van der Waals surface area (Å²) in [5.74, 6) is 2.18. The first-order chi connectivity index (χ1) is 12.8.